The van der Waals surface area contributed by atoms with Crippen LogP contribution >= 0.6 is 0 Å². The van der Waals surface area contributed by atoms with Crippen molar-refractivity contribution in [1.82, 2.24) is 4.98 Å². The molecule has 0 aliphatic heterocycles. The van der Waals surface area contributed by atoms with Gasteiger partial charge in [0.2, 0.25) is 0 Å². The highest BCUT2D eigenvalue weighted by Crippen LogP contribution is 2.09. The molecular weight excluding hydrogens is 226 g/mol. The van der Waals surface area contributed by atoms with Crippen LogP contribution in [0.2, 0.25) is 0 Å². The van der Waals surface area contributed by atoms with Crippen LogP contribution in [0.25, 0.3) is 12.2 Å². The molecule has 0 radical (unpaired) electrons. The van der Waals surface area contributed by atoms with E-state index >= 15 is 0 Å². The summed E-state index contributed by atoms with van der Waals surface area (Å²) in [4.78, 5) is 15.4. The number of aromatic nitrogens is 1. The summed E-state index contributed by atoms with van der Waals surface area (Å²) in [6.45, 7) is 0. The second-order valence-corrected chi connectivity index (χ2v) is 3.70. The molecule has 0 aliphatic rings. The number of esters is 1. The number of benzene rings is 1. The largest absolute Gasteiger partial charge is 0.465 e. The summed E-state index contributed by atoms with van der Waals surface area (Å²) in [6, 6.07) is 13.0. The molecule has 0 amide bonds. The number of carbonyl (C=O) groups excluding carboxylic acids is 1. The summed E-state index contributed by atoms with van der Waals surface area (Å²) in [7, 11) is 1.37. The highest BCUT2D eigenvalue weighted by Gasteiger charge is 2.02. The molecule has 0 aliphatic carbocycles. The van der Waals surface area contributed by atoms with E-state index in [2.05, 4.69) is 9.72 Å². The van der Waals surface area contributed by atoms with Crippen LogP contribution in [-0.2, 0) is 4.74 Å². The summed E-state index contributed by atoms with van der Waals surface area (Å²) in [5, 5.41) is 0. The zero-order chi connectivity index (χ0) is 12.8. The Hall–Kier alpha value is -2.42. The number of rotatable bonds is 3. The third kappa shape index (κ3) is 3.04. The van der Waals surface area contributed by atoms with Crippen molar-refractivity contribution in [2.75, 3.05) is 7.11 Å². The average Bonchev–Trinajstić information content (AvgIpc) is 2.46. The van der Waals surface area contributed by atoms with Gasteiger partial charge in [-0.05, 0) is 35.9 Å². The first-order chi connectivity index (χ1) is 8.79. The second-order valence-electron chi connectivity index (χ2n) is 3.70. The number of pyridine rings is 1. The first-order valence-electron chi connectivity index (χ1n) is 5.57. The number of nitrogens with zero attached hydrogens (tertiary/aromatic N) is 1. The lowest BCUT2D eigenvalue weighted by atomic mass is 10.1. The van der Waals surface area contributed by atoms with E-state index in [1.165, 1.54) is 7.11 Å². The van der Waals surface area contributed by atoms with Crippen LogP contribution in [0.1, 0.15) is 21.6 Å². The van der Waals surface area contributed by atoms with E-state index < -0.39 is 0 Å². The van der Waals surface area contributed by atoms with Crippen molar-refractivity contribution in [3.8, 4) is 0 Å². The topological polar surface area (TPSA) is 39.2 Å². The third-order valence-electron chi connectivity index (χ3n) is 2.47. The van der Waals surface area contributed by atoms with Crippen molar-refractivity contribution >= 4 is 18.1 Å². The van der Waals surface area contributed by atoms with Gasteiger partial charge < -0.3 is 4.74 Å². The number of ether oxygens (including phenoxy) is 1. The molecule has 3 heteroatoms. The first kappa shape index (κ1) is 12.0. The summed E-state index contributed by atoms with van der Waals surface area (Å²) in [6.07, 6.45) is 5.62. The molecule has 0 spiro atoms. The van der Waals surface area contributed by atoms with Gasteiger partial charge in [-0.1, -0.05) is 24.3 Å². The smallest absolute Gasteiger partial charge is 0.337 e. The Kier molecular flexibility index (Phi) is 3.86. The van der Waals surface area contributed by atoms with Crippen LogP contribution in [0, 0.1) is 0 Å². The normalized spacial score (nSPS) is 10.5. The van der Waals surface area contributed by atoms with Crippen LogP contribution < -0.4 is 0 Å². The van der Waals surface area contributed by atoms with Crippen molar-refractivity contribution in [1.29, 1.82) is 0 Å². The van der Waals surface area contributed by atoms with E-state index in [1.54, 1.807) is 18.3 Å². The Bertz CT molecular complexity index is 544. The minimum Gasteiger partial charge on any atom is -0.465 e. The van der Waals surface area contributed by atoms with Crippen molar-refractivity contribution in [2.24, 2.45) is 0 Å². The van der Waals surface area contributed by atoms with Gasteiger partial charge in [0.05, 0.1) is 18.4 Å². The Morgan fingerprint density at radius 1 is 1.11 bits per heavy atom. The summed E-state index contributed by atoms with van der Waals surface area (Å²) in [5.41, 5.74) is 2.45. The second kappa shape index (κ2) is 5.77. The van der Waals surface area contributed by atoms with Crippen molar-refractivity contribution < 1.29 is 9.53 Å². The van der Waals surface area contributed by atoms with Gasteiger partial charge in [0.15, 0.2) is 0 Å². The Balaban J connectivity index is 2.11. The molecule has 0 atom stereocenters. The zero-order valence-corrected chi connectivity index (χ0v) is 10.0. The fourth-order valence-corrected chi connectivity index (χ4v) is 1.50. The third-order valence-corrected chi connectivity index (χ3v) is 2.47. The highest BCUT2D eigenvalue weighted by atomic mass is 16.5. The molecule has 1 aromatic heterocycles. The van der Waals surface area contributed by atoms with Crippen LogP contribution in [0.5, 0.6) is 0 Å². The average molecular weight is 239 g/mol. The zero-order valence-electron chi connectivity index (χ0n) is 10.0. The highest BCUT2D eigenvalue weighted by molar-refractivity contribution is 5.89. The van der Waals surface area contributed by atoms with Crippen molar-refractivity contribution in [3.05, 3.63) is 65.5 Å². The van der Waals surface area contributed by atoms with Gasteiger partial charge in [-0.25, -0.2) is 4.79 Å². The van der Waals surface area contributed by atoms with Crippen molar-refractivity contribution in [3.63, 3.8) is 0 Å². The molecule has 1 aromatic carbocycles. The molecule has 0 saturated carbocycles. The van der Waals surface area contributed by atoms with Crippen molar-refractivity contribution in [2.45, 2.75) is 0 Å². The molecule has 0 unspecified atom stereocenters. The maximum absolute atomic E-state index is 11.3. The Labute approximate surface area is 106 Å². The Morgan fingerprint density at radius 2 is 1.89 bits per heavy atom. The summed E-state index contributed by atoms with van der Waals surface area (Å²) in [5.74, 6) is -0.324. The maximum atomic E-state index is 11.3. The van der Waals surface area contributed by atoms with Gasteiger partial charge in [-0.3, -0.25) is 4.98 Å². The molecule has 0 fully saturated rings. The van der Waals surface area contributed by atoms with E-state index in [0.717, 1.165) is 11.3 Å². The van der Waals surface area contributed by atoms with Crippen LogP contribution in [-0.4, -0.2) is 18.1 Å². The number of methoxy groups -OCH3 is 1. The minimum absolute atomic E-state index is 0.324. The maximum Gasteiger partial charge on any atom is 0.337 e. The molecule has 0 saturated heterocycles. The minimum atomic E-state index is -0.324. The van der Waals surface area contributed by atoms with Gasteiger partial charge in [-0.15, -0.1) is 0 Å². The molecule has 2 rings (SSSR count). The quantitative estimate of drug-likeness (QED) is 0.773. The lowest BCUT2D eigenvalue weighted by Gasteiger charge is -1.99. The fourth-order valence-electron chi connectivity index (χ4n) is 1.50. The molecule has 0 bridgehead atoms. The predicted molar refractivity (Wildman–Crippen MR) is 70.9 cm³/mol. The van der Waals surface area contributed by atoms with E-state index in [1.807, 2.05) is 42.5 Å². The number of carbonyl (C=O) groups is 1. The van der Waals surface area contributed by atoms with Gasteiger partial charge in [0.1, 0.15) is 0 Å². The molecule has 0 N–H and O–H groups in total. The van der Waals surface area contributed by atoms with E-state index in [-0.39, 0.29) is 5.97 Å². The summed E-state index contributed by atoms with van der Waals surface area (Å²) >= 11 is 0. The Morgan fingerprint density at radius 3 is 2.50 bits per heavy atom. The van der Waals surface area contributed by atoms with E-state index in [0.29, 0.717) is 5.56 Å². The SMILES string of the molecule is COC(=O)c1ccc(C=Cc2ccccn2)cc1. The van der Waals surface area contributed by atoms with Crippen LogP contribution in [0.4, 0.5) is 0 Å². The molecule has 2 aromatic rings. The van der Waals surface area contributed by atoms with Crippen LogP contribution in [0.3, 0.4) is 0 Å². The first-order valence-corrected chi connectivity index (χ1v) is 5.57. The molecule has 90 valence electrons. The van der Waals surface area contributed by atoms with Crippen LogP contribution in [0.15, 0.2) is 48.7 Å². The lowest BCUT2D eigenvalue weighted by molar-refractivity contribution is 0.0601. The number of hydrogen-bond donors (Lipinski definition) is 0. The molecule has 18 heavy (non-hydrogen) atoms. The fraction of sp³-hybridized carbons (Fsp3) is 0.0667. The molecule has 1 heterocycles. The van der Waals surface area contributed by atoms with Gasteiger partial charge in [0.25, 0.3) is 0 Å². The molecular formula is C15H13NO2. The predicted octanol–water partition coefficient (Wildman–Crippen LogP) is 3.04. The summed E-state index contributed by atoms with van der Waals surface area (Å²) < 4.78 is 4.64. The monoisotopic (exact) mass is 239 g/mol. The number of hydrogen-bond acceptors (Lipinski definition) is 3. The lowest BCUT2D eigenvalue weighted by Crippen LogP contribution is -2.00. The standard InChI is InChI=1S/C15H13NO2/c1-18-15(17)13-8-5-12(6-9-13)7-10-14-4-2-3-11-16-14/h2-11H,1H3. The van der Waals surface area contributed by atoms with E-state index in [4.69, 9.17) is 0 Å². The van der Waals surface area contributed by atoms with Gasteiger partial charge in [-0.2, -0.15) is 0 Å². The van der Waals surface area contributed by atoms with E-state index in [9.17, 15) is 4.79 Å². The van der Waals surface area contributed by atoms with Gasteiger partial charge >= 0.3 is 5.97 Å². The molecule has 3 nitrogen and oxygen atoms in total. The van der Waals surface area contributed by atoms with Gasteiger partial charge in [0, 0.05) is 6.20 Å².